The second-order valence-corrected chi connectivity index (χ2v) is 10.4. The summed E-state index contributed by atoms with van der Waals surface area (Å²) in [5, 5.41) is 2.59. The lowest BCUT2D eigenvalue weighted by molar-refractivity contribution is -0.139. The number of rotatable bonds is 10. The third kappa shape index (κ3) is 6.69. The molecule has 0 aliphatic carbocycles. The lowest BCUT2D eigenvalue weighted by Gasteiger charge is -2.33. The van der Waals surface area contributed by atoms with Crippen molar-refractivity contribution in [2.45, 2.75) is 25.9 Å². The predicted octanol–water partition coefficient (Wildman–Crippen LogP) is 3.29. The Hall–Kier alpha value is -3.72. The minimum Gasteiger partial charge on any atom is -0.357 e. The van der Waals surface area contributed by atoms with E-state index in [9.17, 15) is 22.4 Å². The van der Waals surface area contributed by atoms with Gasteiger partial charge >= 0.3 is 0 Å². The number of nitrogens with one attached hydrogen (secondary N) is 1. The van der Waals surface area contributed by atoms with Crippen molar-refractivity contribution >= 4 is 27.5 Å². The minimum absolute atomic E-state index is 0.171. The van der Waals surface area contributed by atoms with Crippen molar-refractivity contribution in [2.75, 3.05) is 24.2 Å². The highest BCUT2D eigenvalue weighted by atomic mass is 32.2. The molecule has 1 atom stereocenters. The molecule has 0 spiro atoms. The minimum atomic E-state index is -3.85. The molecule has 2 amide bonds. The Balaban J connectivity index is 2.05. The van der Waals surface area contributed by atoms with Gasteiger partial charge in [-0.25, -0.2) is 12.8 Å². The van der Waals surface area contributed by atoms with E-state index in [-0.39, 0.29) is 18.5 Å². The van der Waals surface area contributed by atoms with Crippen LogP contribution in [0.4, 0.5) is 10.1 Å². The van der Waals surface area contributed by atoms with Gasteiger partial charge in [-0.1, -0.05) is 66.7 Å². The van der Waals surface area contributed by atoms with Gasteiger partial charge in [0.2, 0.25) is 21.8 Å². The molecule has 190 valence electrons. The summed E-state index contributed by atoms with van der Waals surface area (Å²) < 4.78 is 41.1. The van der Waals surface area contributed by atoms with Crippen LogP contribution in [0.25, 0.3) is 0 Å². The Labute approximate surface area is 211 Å². The average molecular weight is 512 g/mol. The van der Waals surface area contributed by atoms with E-state index in [1.807, 2.05) is 30.3 Å². The largest absolute Gasteiger partial charge is 0.357 e. The van der Waals surface area contributed by atoms with Crippen molar-refractivity contribution in [1.29, 1.82) is 0 Å². The Morgan fingerprint density at radius 1 is 0.944 bits per heavy atom. The maximum Gasteiger partial charge on any atom is 0.244 e. The fourth-order valence-corrected chi connectivity index (χ4v) is 4.88. The van der Waals surface area contributed by atoms with Crippen LogP contribution in [0.3, 0.4) is 0 Å². The average Bonchev–Trinajstić information content (AvgIpc) is 2.85. The first-order valence-corrected chi connectivity index (χ1v) is 13.3. The highest BCUT2D eigenvalue weighted by Crippen LogP contribution is 2.23. The molecule has 9 heteroatoms. The molecule has 3 aromatic rings. The van der Waals surface area contributed by atoms with Crippen molar-refractivity contribution in [3.63, 3.8) is 0 Å². The monoisotopic (exact) mass is 511 g/mol. The predicted molar refractivity (Wildman–Crippen MR) is 138 cm³/mol. The zero-order valence-corrected chi connectivity index (χ0v) is 21.3. The smallest absolute Gasteiger partial charge is 0.244 e. The van der Waals surface area contributed by atoms with E-state index >= 15 is 0 Å². The molecule has 1 N–H and O–H groups in total. The fourth-order valence-electron chi connectivity index (χ4n) is 3.97. The molecule has 7 nitrogen and oxygen atoms in total. The van der Waals surface area contributed by atoms with Crippen LogP contribution in [0.2, 0.25) is 0 Å². The van der Waals surface area contributed by atoms with Crippen LogP contribution in [0, 0.1) is 12.7 Å². The Bertz CT molecular complexity index is 1320. The third-order valence-electron chi connectivity index (χ3n) is 5.88. The van der Waals surface area contributed by atoms with Gasteiger partial charge in [-0.05, 0) is 30.2 Å². The van der Waals surface area contributed by atoms with Gasteiger partial charge in [0.05, 0.1) is 11.9 Å². The summed E-state index contributed by atoms with van der Waals surface area (Å²) in [6.45, 7) is 1.00. The van der Waals surface area contributed by atoms with Gasteiger partial charge in [0.1, 0.15) is 18.4 Å². The summed E-state index contributed by atoms with van der Waals surface area (Å²) in [7, 11) is -2.39. The molecule has 3 aromatic carbocycles. The van der Waals surface area contributed by atoms with E-state index < -0.39 is 40.2 Å². The van der Waals surface area contributed by atoms with E-state index in [4.69, 9.17) is 0 Å². The molecular weight excluding hydrogens is 481 g/mol. The van der Waals surface area contributed by atoms with Crippen LogP contribution >= 0.6 is 0 Å². The lowest BCUT2D eigenvalue weighted by Crippen LogP contribution is -2.53. The molecule has 0 radical (unpaired) electrons. The van der Waals surface area contributed by atoms with Gasteiger partial charge in [0.25, 0.3) is 0 Å². The number of sulfonamides is 1. The van der Waals surface area contributed by atoms with Crippen molar-refractivity contribution in [3.05, 3.63) is 101 Å². The number of amides is 2. The molecule has 0 aliphatic rings. The molecule has 0 unspecified atom stereocenters. The zero-order valence-electron chi connectivity index (χ0n) is 20.5. The van der Waals surface area contributed by atoms with E-state index in [1.165, 1.54) is 30.1 Å². The summed E-state index contributed by atoms with van der Waals surface area (Å²) in [5.74, 6) is -1.59. The molecular formula is C27H30FN3O4S. The maximum absolute atomic E-state index is 14.6. The first kappa shape index (κ1) is 26.9. The number of anilines is 1. The molecule has 0 fully saturated rings. The molecule has 36 heavy (non-hydrogen) atoms. The van der Waals surface area contributed by atoms with Crippen LogP contribution in [0.15, 0.2) is 78.9 Å². The number of aryl methyl sites for hydroxylation is 1. The van der Waals surface area contributed by atoms with Crippen LogP contribution in [0.5, 0.6) is 0 Å². The van der Waals surface area contributed by atoms with Gasteiger partial charge in [-0.3, -0.25) is 13.9 Å². The van der Waals surface area contributed by atoms with Gasteiger partial charge in [-0.2, -0.15) is 0 Å². The van der Waals surface area contributed by atoms with E-state index in [2.05, 4.69) is 5.32 Å². The molecule has 3 rings (SSSR count). The quantitative estimate of drug-likeness (QED) is 0.453. The first-order valence-electron chi connectivity index (χ1n) is 11.4. The third-order valence-corrected chi connectivity index (χ3v) is 7.01. The second kappa shape index (κ2) is 11.8. The number of nitrogens with zero attached hydrogens (tertiary/aromatic N) is 2. The molecule has 0 heterocycles. The summed E-state index contributed by atoms with van der Waals surface area (Å²) in [4.78, 5) is 28.0. The summed E-state index contributed by atoms with van der Waals surface area (Å²) in [6.07, 6.45) is 1.19. The van der Waals surface area contributed by atoms with Crippen molar-refractivity contribution in [1.82, 2.24) is 10.2 Å². The number of likely N-dealkylation sites (N-methyl/N-ethyl adjacent to an activating group) is 1. The molecule has 0 saturated heterocycles. The second-order valence-electron chi connectivity index (χ2n) is 8.49. The Morgan fingerprint density at radius 3 is 2.17 bits per heavy atom. The van der Waals surface area contributed by atoms with Gasteiger partial charge < -0.3 is 10.2 Å². The highest BCUT2D eigenvalue weighted by molar-refractivity contribution is 7.92. The summed E-state index contributed by atoms with van der Waals surface area (Å²) >= 11 is 0. The summed E-state index contributed by atoms with van der Waals surface area (Å²) in [6, 6.07) is 21.0. The molecule has 0 saturated carbocycles. The van der Waals surface area contributed by atoms with Gasteiger partial charge in [0, 0.05) is 25.6 Å². The Kier molecular flexibility index (Phi) is 8.82. The van der Waals surface area contributed by atoms with Crippen LogP contribution in [-0.2, 0) is 32.6 Å². The van der Waals surface area contributed by atoms with Crippen molar-refractivity contribution < 1.29 is 22.4 Å². The standard InChI is InChI=1S/C27H30FN3O4S/c1-20-11-7-10-16-24(20)31(36(3,34)35)19-26(32)30(18-22-14-8-9-15-23(22)28)25(27(33)29-2)17-21-12-5-4-6-13-21/h4-16,25H,17-19H2,1-3H3,(H,29,33)/t25-/m1/s1. The normalized spacial score (nSPS) is 12.0. The molecule has 0 aliphatic heterocycles. The maximum atomic E-state index is 14.6. The number of carbonyl (C=O) groups is 2. The SMILES string of the molecule is CNC(=O)[C@@H](Cc1ccccc1)N(Cc1ccccc1F)C(=O)CN(c1ccccc1C)S(C)(=O)=O. The number of hydrogen-bond acceptors (Lipinski definition) is 4. The number of benzene rings is 3. The van der Waals surface area contributed by atoms with Gasteiger partial charge in [-0.15, -0.1) is 0 Å². The molecule has 0 bridgehead atoms. The highest BCUT2D eigenvalue weighted by Gasteiger charge is 2.33. The van der Waals surface area contributed by atoms with Crippen molar-refractivity contribution in [3.8, 4) is 0 Å². The fraction of sp³-hybridized carbons (Fsp3) is 0.259. The Morgan fingerprint density at radius 2 is 1.56 bits per heavy atom. The lowest BCUT2D eigenvalue weighted by atomic mass is 10.0. The first-order chi connectivity index (χ1) is 17.1. The van der Waals surface area contributed by atoms with E-state index in [0.29, 0.717) is 11.3 Å². The zero-order chi connectivity index (χ0) is 26.3. The van der Waals surface area contributed by atoms with E-state index in [1.54, 1.807) is 37.3 Å². The van der Waals surface area contributed by atoms with Gasteiger partial charge in [0.15, 0.2) is 0 Å². The van der Waals surface area contributed by atoms with E-state index in [0.717, 1.165) is 16.1 Å². The number of hydrogen-bond donors (Lipinski definition) is 1. The number of carbonyl (C=O) groups excluding carboxylic acids is 2. The van der Waals surface area contributed by atoms with Crippen LogP contribution in [-0.4, -0.2) is 51.0 Å². The number of halogens is 1. The molecule has 0 aromatic heterocycles. The number of para-hydroxylation sites is 1. The van der Waals surface area contributed by atoms with Crippen LogP contribution < -0.4 is 9.62 Å². The topological polar surface area (TPSA) is 86.8 Å². The summed E-state index contributed by atoms with van der Waals surface area (Å²) in [5.41, 5.74) is 2.05. The van der Waals surface area contributed by atoms with Crippen molar-refractivity contribution in [2.24, 2.45) is 0 Å². The van der Waals surface area contributed by atoms with Crippen LogP contribution in [0.1, 0.15) is 16.7 Å².